The average Bonchev–Trinajstić information content (AvgIpc) is 2.73. The molecule has 1 heterocycles. The van der Waals surface area contributed by atoms with Gasteiger partial charge in [-0.15, -0.1) is 0 Å². The summed E-state index contributed by atoms with van der Waals surface area (Å²) in [6.07, 6.45) is 0. The number of furan rings is 1. The molecule has 4 nitrogen and oxygen atoms in total. The third-order valence-electron chi connectivity index (χ3n) is 2.40. The Morgan fingerprint density at radius 1 is 1.33 bits per heavy atom. The third kappa shape index (κ3) is 2.76. The van der Waals surface area contributed by atoms with E-state index in [2.05, 4.69) is 37.2 Å². The second-order valence-electron chi connectivity index (χ2n) is 3.75. The lowest BCUT2D eigenvalue weighted by Gasteiger charge is -2.09. The number of hydrogen-bond donors (Lipinski definition) is 2. The maximum atomic E-state index is 11.9. The number of amides is 1. The first kappa shape index (κ1) is 13.2. The van der Waals surface area contributed by atoms with Crippen LogP contribution in [0.5, 0.6) is 0 Å². The Kier molecular flexibility index (Phi) is 3.77. The largest absolute Gasteiger partial charge is 0.444 e. The summed E-state index contributed by atoms with van der Waals surface area (Å²) < 4.78 is 6.45. The predicted octanol–water partition coefficient (Wildman–Crippen LogP) is 3.95. The molecule has 94 valence electrons. The van der Waals surface area contributed by atoms with Gasteiger partial charge in [-0.2, -0.15) is 0 Å². The molecule has 18 heavy (non-hydrogen) atoms. The Hall–Kier alpha value is -1.27. The van der Waals surface area contributed by atoms with E-state index < -0.39 is 0 Å². The molecule has 3 N–H and O–H groups in total. The molecule has 6 heteroatoms. The van der Waals surface area contributed by atoms with Gasteiger partial charge >= 0.3 is 0 Å². The quantitative estimate of drug-likeness (QED) is 0.783. The van der Waals surface area contributed by atoms with Gasteiger partial charge in [0.15, 0.2) is 10.4 Å². The predicted molar refractivity (Wildman–Crippen MR) is 77.7 cm³/mol. The summed E-state index contributed by atoms with van der Waals surface area (Å²) in [5.41, 5.74) is 7.98. The highest BCUT2D eigenvalue weighted by Gasteiger charge is 2.13. The van der Waals surface area contributed by atoms with Crippen LogP contribution in [-0.2, 0) is 0 Å². The van der Waals surface area contributed by atoms with Crippen LogP contribution in [0.3, 0.4) is 0 Å². The number of hydrogen-bond acceptors (Lipinski definition) is 3. The minimum Gasteiger partial charge on any atom is -0.444 e. The van der Waals surface area contributed by atoms with Crippen LogP contribution >= 0.6 is 31.9 Å². The molecular weight excluding hydrogens is 364 g/mol. The summed E-state index contributed by atoms with van der Waals surface area (Å²) >= 11 is 6.52. The van der Waals surface area contributed by atoms with Crippen molar-refractivity contribution in [2.24, 2.45) is 0 Å². The highest BCUT2D eigenvalue weighted by molar-refractivity contribution is 9.10. The minimum absolute atomic E-state index is 0.230. The Morgan fingerprint density at radius 3 is 2.67 bits per heavy atom. The maximum Gasteiger partial charge on any atom is 0.291 e. The van der Waals surface area contributed by atoms with Crippen molar-refractivity contribution >= 4 is 49.1 Å². The molecule has 0 aliphatic heterocycles. The van der Waals surface area contributed by atoms with Crippen molar-refractivity contribution in [3.63, 3.8) is 0 Å². The Labute approximate surface area is 121 Å². The summed E-state index contributed by atoms with van der Waals surface area (Å²) in [5, 5.41) is 2.73. The van der Waals surface area contributed by atoms with Gasteiger partial charge < -0.3 is 15.5 Å². The summed E-state index contributed by atoms with van der Waals surface area (Å²) in [4.78, 5) is 11.9. The van der Waals surface area contributed by atoms with E-state index in [9.17, 15) is 4.79 Å². The van der Waals surface area contributed by atoms with Gasteiger partial charge in [0, 0.05) is 10.2 Å². The second kappa shape index (κ2) is 5.16. The first-order chi connectivity index (χ1) is 8.47. The Balaban J connectivity index is 2.24. The van der Waals surface area contributed by atoms with Crippen molar-refractivity contribution in [2.45, 2.75) is 6.92 Å². The molecule has 0 spiro atoms. The number of halogens is 2. The number of nitrogens with two attached hydrogens (primary N) is 1. The van der Waals surface area contributed by atoms with E-state index in [0.29, 0.717) is 16.0 Å². The van der Waals surface area contributed by atoms with Crippen LogP contribution < -0.4 is 11.1 Å². The summed E-state index contributed by atoms with van der Waals surface area (Å²) in [6, 6.07) is 6.80. The number of anilines is 2. The number of carbonyl (C=O) groups excluding carboxylic acids is 1. The fourth-order valence-electron chi connectivity index (χ4n) is 1.41. The number of aryl methyl sites for hydroxylation is 1. The van der Waals surface area contributed by atoms with Crippen molar-refractivity contribution < 1.29 is 9.21 Å². The molecule has 0 aliphatic carbocycles. The van der Waals surface area contributed by atoms with Gasteiger partial charge in [-0.3, -0.25) is 4.79 Å². The van der Waals surface area contributed by atoms with Crippen molar-refractivity contribution in [1.82, 2.24) is 0 Å². The lowest BCUT2D eigenvalue weighted by Crippen LogP contribution is -2.11. The smallest absolute Gasteiger partial charge is 0.291 e. The van der Waals surface area contributed by atoms with Crippen LogP contribution in [0.2, 0.25) is 0 Å². The van der Waals surface area contributed by atoms with Crippen molar-refractivity contribution in [1.29, 1.82) is 0 Å². The third-order valence-corrected chi connectivity index (χ3v) is 3.48. The molecule has 0 bridgehead atoms. The number of benzene rings is 1. The normalized spacial score (nSPS) is 10.4. The molecule has 0 unspecified atom stereocenters. The summed E-state index contributed by atoms with van der Waals surface area (Å²) in [5.74, 6) is -0.0995. The zero-order valence-electron chi connectivity index (χ0n) is 9.46. The van der Waals surface area contributed by atoms with Gasteiger partial charge in [0.1, 0.15) is 0 Å². The lowest BCUT2D eigenvalue weighted by atomic mass is 10.2. The molecular formula is C12H10Br2N2O2. The minimum atomic E-state index is -0.329. The van der Waals surface area contributed by atoms with Crippen LogP contribution in [0, 0.1) is 6.92 Å². The lowest BCUT2D eigenvalue weighted by molar-refractivity contribution is 0.0995. The Bertz CT molecular complexity index is 608. The van der Waals surface area contributed by atoms with Gasteiger partial charge in [-0.1, -0.05) is 0 Å². The van der Waals surface area contributed by atoms with Crippen LogP contribution in [0.4, 0.5) is 11.4 Å². The van der Waals surface area contributed by atoms with Crippen LogP contribution in [0.15, 0.2) is 37.8 Å². The maximum absolute atomic E-state index is 11.9. The summed E-state index contributed by atoms with van der Waals surface area (Å²) in [7, 11) is 0. The molecule has 1 aromatic heterocycles. The molecule has 0 saturated carbocycles. The topological polar surface area (TPSA) is 68.3 Å². The van der Waals surface area contributed by atoms with Gasteiger partial charge in [-0.05, 0) is 68.6 Å². The number of rotatable bonds is 2. The first-order valence-corrected chi connectivity index (χ1v) is 6.68. The number of nitrogen functional groups attached to an aromatic ring is 1. The zero-order valence-corrected chi connectivity index (χ0v) is 12.6. The van der Waals surface area contributed by atoms with Crippen LogP contribution in [0.1, 0.15) is 16.1 Å². The van der Waals surface area contributed by atoms with E-state index in [-0.39, 0.29) is 11.7 Å². The molecule has 0 atom stereocenters. The molecule has 0 aliphatic rings. The van der Waals surface area contributed by atoms with Gasteiger partial charge in [0.25, 0.3) is 5.91 Å². The van der Waals surface area contributed by atoms with E-state index >= 15 is 0 Å². The van der Waals surface area contributed by atoms with Gasteiger partial charge in [-0.25, -0.2) is 0 Å². The van der Waals surface area contributed by atoms with Gasteiger partial charge in [0.2, 0.25) is 0 Å². The fourth-order valence-corrected chi connectivity index (χ4v) is 2.27. The first-order valence-electron chi connectivity index (χ1n) is 5.09. The molecule has 2 aromatic rings. The van der Waals surface area contributed by atoms with Crippen LogP contribution in [0.25, 0.3) is 0 Å². The number of nitrogens with one attached hydrogen (secondary N) is 1. The van der Waals surface area contributed by atoms with Crippen molar-refractivity contribution in [2.75, 3.05) is 11.1 Å². The van der Waals surface area contributed by atoms with Crippen molar-refractivity contribution in [3.8, 4) is 0 Å². The fraction of sp³-hybridized carbons (Fsp3) is 0.0833. The molecule has 2 rings (SSSR count). The highest BCUT2D eigenvalue weighted by atomic mass is 79.9. The Morgan fingerprint density at radius 2 is 2.06 bits per heavy atom. The highest BCUT2D eigenvalue weighted by Crippen LogP contribution is 2.28. The van der Waals surface area contributed by atoms with E-state index in [1.807, 2.05) is 13.0 Å². The van der Waals surface area contributed by atoms with E-state index in [4.69, 9.17) is 10.2 Å². The van der Waals surface area contributed by atoms with Crippen LogP contribution in [-0.4, -0.2) is 5.91 Å². The van der Waals surface area contributed by atoms with E-state index in [1.54, 1.807) is 18.2 Å². The van der Waals surface area contributed by atoms with E-state index in [1.165, 1.54) is 0 Å². The van der Waals surface area contributed by atoms with Gasteiger partial charge in [0.05, 0.1) is 5.69 Å². The standard InChI is InChI=1S/C12H10Br2N2O2/c1-6-4-7(13)9(5-8(6)15)16-12(17)10-2-3-11(14)18-10/h2-5H,15H2,1H3,(H,16,17). The number of carbonyl (C=O) groups is 1. The molecule has 1 amide bonds. The SMILES string of the molecule is Cc1cc(Br)c(NC(=O)c2ccc(Br)o2)cc1N. The molecule has 0 fully saturated rings. The second-order valence-corrected chi connectivity index (χ2v) is 5.38. The summed E-state index contributed by atoms with van der Waals surface area (Å²) in [6.45, 7) is 1.90. The molecule has 1 aromatic carbocycles. The zero-order chi connectivity index (χ0) is 13.3. The molecule has 0 radical (unpaired) electrons. The van der Waals surface area contributed by atoms with Crippen molar-refractivity contribution in [3.05, 3.63) is 44.7 Å². The average molecular weight is 374 g/mol. The van der Waals surface area contributed by atoms with E-state index in [0.717, 1.165) is 10.0 Å². The monoisotopic (exact) mass is 372 g/mol. The molecule has 0 saturated heterocycles.